The molecule has 2 aliphatic rings. The van der Waals surface area contributed by atoms with Crippen LogP contribution in [0.5, 0.6) is 5.75 Å². The number of nitrogens with zero attached hydrogens (tertiary/aromatic N) is 3. The van der Waals surface area contributed by atoms with Gasteiger partial charge in [0.25, 0.3) is 0 Å². The first-order valence-electron chi connectivity index (χ1n) is 12.3. The Morgan fingerprint density at radius 1 is 0.750 bits per heavy atom. The molecule has 0 unspecified atom stereocenters. The summed E-state index contributed by atoms with van der Waals surface area (Å²) >= 11 is 6.73. The summed E-state index contributed by atoms with van der Waals surface area (Å²) in [6.45, 7) is 3.67. The number of alkyl halides is 1. The first-order valence-corrected chi connectivity index (χ1v) is 12.8. The third-order valence-corrected chi connectivity index (χ3v) is 7.76. The monoisotopic (exact) mass is 497 g/mol. The van der Waals surface area contributed by atoms with Crippen molar-refractivity contribution >= 4 is 45.3 Å². The van der Waals surface area contributed by atoms with Crippen LogP contribution in [0.15, 0.2) is 91.0 Å². The number of carbonyl (C=O) groups is 1. The Kier molecular flexibility index (Phi) is 5.94. The van der Waals surface area contributed by atoms with Gasteiger partial charge in [0.1, 0.15) is 11.1 Å². The van der Waals surface area contributed by atoms with Crippen LogP contribution in [-0.2, 0) is 4.79 Å². The number of fused-ring (bicyclic) bond motifs is 1. The minimum Gasteiger partial charge on any atom is -0.497 e. The van der Waals surface area contributed by atoms with Crippen LogP contribution in [0.4, 0.5) is 17.1 Å². The van der Waals surface area contributed by atoms with Crippen LogP contribution in [0.25, 0.3) is 10.8 Å². The van der Waals surface area contributed by atoms with Gasteiger partial charge in [-0.2, -0.15) is 0 Å². The molecule has 182 valence electrons. The van der Waals surface area contributed by atoms with Crippen LogP contribution in [0, 0.1) is 0 Å². The number of halogens is 1. The van der Waals surface area contributed by atoms with Crippen LogP contribution in [0.2, 0.25) is 0 Å². The van der Waals surface area contributed by atoms with Crippen LogP contribution in [0.3, 0.4) is 0 Å². The van der Waals surface area contributed by atoms with E-state index >= 15 is 0 Å². The molecule has 0 aliphatic carbocycles. The van der Waals surface area contributed by atoms with Gasteiger partial charge in [0.2, 0.25) is 5.91 Å². The van der Waals surface area contributed by atoms with Crippen molar-refractivity contribution in [3.8, 4) is 5.75 Å². The van der Waals surface area contributed by atoms with Crippen molar-refractivity contribution in [2.75, 3.05) is 48.0 Å². The summed E-state index contributed by atoms with van der Waals surface area (Å²) in [5.41, 5.74) is 4.34. The highest BCUT2D eigenvalue weighted by Crippen LogP contribution is 2.46. The van der Waals surface area contributed by atoms with E-state index in [2.05, 4.69) is 76.5 Å². The Morgan fingerprint density at radius 2 is 1.36 bits per heavy atom. The number of ether oxygens (including phenoxy) is 1. The SMILES string of the molecule is COc1ccc(N2C(=O)[C@H](Cl)[C@H]2c2cc3ccccc3cc2N2CCN(c3ccccc3)CC2)cc1. The van der Waals surface area contributed by atoms with Crippen LogP contribution in [0.1, 0.15) is 11.6 Å². The van der Waals surface area contributed by atoms with Gasteiger partial charge in [-0.3, -0.25) is 4.79 Å². The fraction of sp³-hybridized carbons (Fsp3) is 0.233. The van der Waals surface area contributed by atoms with Gasteiger partial charge in [-0.05, 0) is 59.3 Å². The number of hydrogen-bond donors (Lipinski definition) is 0. The third kappa shape index (κ3) is 3.94. The summed E-state index contributed by atoms with van der Waals surface area (Å²) in [6.07, 6.45) is 0. The van der Waals surface area contributed by atoms with E-state index in [0.717, 1.165) is 54.3 Å². The summed E-state index contributed by atoms with van der Waals surface area (Å²) in [7, 11) is 1.64. The van der Waals surface area contributed by atoms with Crippen molar-refractivity contribution in [1.82, 2.24) is 0 Å². The molecule has 2 heterocycles. The Bertz CT molecular complexity index is 1380. The van der Waals surface area contributed by atoms with E-state index in [0.29, 0.717) is 0 Å². The topological polar surface area (TPSA) is 36.0 Å². The zero-order chi connectivity index (χ0) is 24.6. The van der Waals surface area contributed by atoms with Gasteiger partial charge in [0, 0.05) is 48.8 Å². The third-order valence-electron chi connectivity index (χ3n) is 7.33. The zero-order valence-electron chi connectivity index (χ0n) is 20.2. The summed E-state index contributed by atoms with van der Waals surface area (Å²) < 4.78 is 5.31. The molecule has 6 heteroatoms. The molecular weight excluding hydrogens is 470 g/mol. The van der Waals surface area contributed by atoms with E-state index in [9.17, 15) is 4.79 Å². The largest absolute Gasteiger partial charge is 0.497 e. The van der Waals surface area contributed by atoms with Gasteiger partial charge in [0.05, 0.1) is 13.2 Å². The molecule has 0 radical (unpaired) electrons. The van der Waals surface area contributed by atoms with Crippen LogP contribution < -0.4 is 19.4 Å². The lowest BCUT2D eigenvalue weighted by Crippen LogP contribution is -2.57. The lowest BCUT2D eigenvalue weighted by Gasteiger charge is -2.47. The van der Waals surface area contributed by atoms with E-state index in [-0.39, 0.29) is 11.9 Å². The van der Waals surface area contributed by atoms with Gasteiger partial charge >= 0.3 is 0 Å². The van der Waals surface area contributed by atoms with E-state index in [1.807, 2.05) is 29.2 Å². The number of rotatable bonds is 5. The molecular formula is C30H28ClN3O2. The highest BCUT2D eigenvalue weighted by Gasteiger charge is 2.49. The quantitative estimate of drug-likeness (QED) is 0.255. The number of para-hydroxylation sites is 1. The molecule has 0 bridgehead atoms. The van der Waals surface area contributed by atoms with Crippen molar-refractivity contribution < 1.29 is 9.53 Å². The molecule has 2 atom stereocenters. The van der Waals surface area contributed by atoms with E-state index in [4.69, 9.17) is 16.3 Å². The fourth-order valence-corrected chi connectivity index (χ4v) is 5.74. The number of benzene rings is 4. The first-order chi connectivity index (χ1) is 17.6. The second kappa shape index (κ2) is 9.40. The average Bonchev–Trinajstić information content (AvgIpc) is 2.95. The Labute approximate surface area is 216 Å². The van der Waals surface area contributed by atoms with Crippen molar-refractivity contribution in [3.05, 3.63) is 96.6 Å². The number of anilines is 3. The summed E-state index contributed by atoms with van der Waals surface area (Å²) in [5.74, 6) is 0.688. The molecule has 4 aromatic rings. The summed E-state index contributed by atoms with van der Waals surface area (Å²) in [6, 6.07) is 30.8. The van der Waals surface area contributed by atoms with Gasteiger partial charge in [-0.1, -0.05) is 42.5 Å². The van der Waals surface area contributed by atoms with E-state index < -0.39 is 5.38 Å². The number of β-lactam (4-membered cyclic amide) rings is 1. The van der Waals surface area contributed by atoms with Crippen LogP contribution >= 0.6 is 11.6 Å². The highest BCUT2D eigenvalue weighted by atomic mass is 35.5. The number of piperazine rings is 1. The van der Waals surface area contributed by atoms with Gasteiger partial charge in [0.15, 0.2) is 0 Å². The fourth-order valence-electron chi connectivity index (χ4n) is 5.38. The predicted molar refractivity (Wildman–Crippen MR) is 148 cm³/mol. The number of hydrogen-bond acceptors (Lipinski definition) is 4. The zero-order valence-corrected chi connectivity index (χ0v) is 20.9. The van der Waals surface area contributed by atoms with Crippen molar-refractivity contribution in [2.45, 2.75) is 11.4 Å². The summed E-state index contributed by atoms with van der Waals surface area (Å²) in [5, 5.41) is 1.74. The molecule has 4 aromatic carbocycles. The van der Waals surface area contributed by atoms with Crippen LogP contribution in [-0.4, -0.2) is 44.6 Å². The normalized spacial score (nSPS) is 19.9. The Balaban J connectivity index is 1.36. The second-order valence-corrected chi connectivity index (χ2v) is 9.79. The molecule has 6 rings (SSSR count). The standard InChI is InChI=1S/C30H28ClN3O2/c1-36-25-13-11-24(12-14-25)34-29(28(31)30(34)35)26-19-21-7-5-6-8-22(21)20-27(26)33-17-15-32(16-18-33)23-9-3-2-4-10-23/h2-14,19-20,28-29H,15-18H2,1H3/t28-,29-/m1/s1. The second-order valence-electron chi connectivity index (χ2n) is 9.32. The van der Waals surface area contributed by atoms with Gasteiger partial charge in [-0.25, -0.2) is 0 Å². The number of carbonyl (C=O) groups excluding carboxylic acids is 1. The Morgan fingerprint density at radius 3 is 2.03 bits per heavy atom. The van der Waals surface area contributed by atoms with Gasteiger partial charge in [-0.15, -0.1) is 11.6 Å². The smallest absolute Gasteiger partial charge is 0.248 e. The molecule has 0 N–H and O–H groups in total. The molecule has 2 saturated heterocycles. The molecule has 5 nitrogen and oxygen atoms in total. The minimum absolute atomic E-state index is 0.0696. The predicted octanol–water partition coefficient (Wildman–Crippen LogP) is 5.87. The molecule has 0 saturated carbocycles. The molecule has 0 spiro atoms. The number of methoxy groups -OCH3 is 1. The number of amides is 1. The van der Waals surface area contributed by atoms with Crippen molar-refractivity contribution in [3.63, 3.8) is 0 Å². The van der Waals surface area contributed by atoms with E-state index in [1.165, 1.54) is 11.1 Å². The highest BCUT2D eigenvalue weighted by molar-refractivity contribution is 6.37. The summed E-state index contributed by atoms with van der Waals surface area (Å²) in [4.78, 5) is 19.7. The molecule has 36 heavy (non-hydrogen) atoms. The molecule has 2 aliphatic heterocycles. The first kappa shape index (κ1) is 22.7. The molecule has 2 fully saturated rings. The average molecular weight is 498 g/mol. The maximum absolute atomic E-state index is 13.0. The van der Waals surface area contributed by atoms with Gasteiger partial charge < -0.3 is 19.4 Å². The molecule has 0 aromatic heterocycles. The minimum atomic E-state index is -0.599. The van der Waals surface area contributed by atoms with E-state index in [1.54, 1.807) is 7.11 Å². The lowest BCUT2D eigenvalue weighted by atomic mass is 9.88. The maximum Gasteiger partial charge on any atom is 0.248 e. The lowest BCUT2D eigenvalue weighted by molar-refractivity contribution is -0.123. The van der Waals surface area contributed by atoms with Crippen molar-refractivity contribution in [2.24, 2.45) is 0 Å². The maximum atomic E-state index is 13.0. The Hall–Kier alpha value is -3.70. The molecule has 1 amide bonds. The van der Waals surface area contributed by atoms with Crippen molar-refractivity contribution in [1.29, 1.82) is 0 Å².